The molecule has 2 fully saturated rings. The zero-order valence-corrected chi connectivity index (χ0v) is 14.8. The number of ether oxygens (including phenoxy) is 2. The molecule has 1 N–H and O–H groups in total. The van der Waals surface area contributed by atoms with Gasteiger partial charge in [-0.2, -0.15) is 0 Å². The first-order valence-electron chi connectivity index (χ1n) is 8.77. The van der Waals surface area contributed by atoms with E-state index in [0.29, 0.717) is 31.9 Å². The van der Waals surface area contributed by atoms with E-state index in [-0.39, 0.29) is 18.7 Å². The Kier molecular flexibility index (Phi) is 4.73. The van der Waals surface area contributed by atoms with Crippen molar-refractivity contribution in [2.45, 2.75) is 50.7 Å². The van der Waals surface area contributed by atoms with E-state index in [4.69, 9.17) is 9.47 Å². The first-order chi connectivity index (χ1) is 11.8. The van der Waals surface area contributed by atoms with Crippen molar-refractivity contribution in [3.8, 4) is 5.75 Å². The third-order valence-corrected chi connectivity index (χ3v) is 5.25. The molecule has 6 heteroatoms. The molecule has 2 aliphatic rings. The minimum atomic E-state index is -1.29. The Balaban J connectivity index is 1.69. The highest BCUT2D eigenvalue weighted by Gasteiger charge is 2.48. The van der Waals surface area contributed by atoms with Gasteiger partial charge in [0.15, 0.2) is 0 Å². The molecule has 2 aliphatic heterocycles. The molecule has 0 saturated carbocycles. The van der Waals surface area contributed by atoms with Crippen molar-refractivity contribution < 1.29 is 24.2 Å². The molecular weight excluding hydrogens is 322 g/mol. The van der Waals surface area contributed by atoms with Crippen molar-refractivity contribution in [3.05, 3.63) is 29.8 Å². The number of hydrogen-bond acceptors (Lipinski definition) is 4. The zero-order valence-electron chi connectivity index (χ0n) is 14.8. The third-order valence-electron chi connectivity index (χ3n) is 5.25. The number of amides is 1. The van der Waals surface area contributed by atoms with Crippen LogP contribution in [0, 0.1) is 6.92 Å². The lowest BCUT2D eigenvalue weighted by atomic mass is 9.89. The summed E-state index contributed by atoms with van der Waals surface area (Å²) in [6, 6.07) is 7.35. The minimum Gasteiger partial charge on any atom is -0.478 e. The van der Waals surface area contributed by atoms with Gasteiger partial charge in [0.05, 0.1) is 0 Å². The molecular formula is C19H25NO5. The topological polar surface area (TPSA) is 76.1 Å². The lowest BCUT2D eigenvalue weighted by molar-refractivity contribution is -0.166. The second kappa shape index (κ2) is 6.67. The second-order valence-electron chi connectivity index (χ2n) is 7.19. The number of carboxylic acids is 1. The molecule has 25 heavy (non-hydrogen) atoms. The average molecular weight is 347 g/mol. The van der Waals surface area contributed by atoms with Crippen LogP contribution < -0.4 is 4.74 Å². The molecule has 2 heterocycles. The van der Waals surface area contributed by atoms with Crippen LogP contribution in [0.4, 0.5) is 0 Å². The van der Waals surface area contributed by atoms with Crippen LogP contribution in [-0.4, -0.2) is 52.8 Å². The number of piperidine rings is 1. The number of nitrogens with zero attached hydrogens (tertiary/aromatic N) is 1. The smallest absolute Gasteiger partial charge is 0.348 e. The molecule has 0 radical (unpaired) electrons. The summed E-state index contributed by atoms with van der Waals surface area (Å²) in [5, 5.41) is 9.74. The molecule has 0 aromatic heterocycles. The fraction of sp³-hybridized carbons (Fsp3) is 0.579. The van der Waals surface area contributed by atoms with Gasteiger partial charge in [-0.05, 0) is 38.8 Å². The molecule has 0 spiro atoms. The lowest BCUT2D eigenvalue weighted by Crippen LogP contribution is -2.57. The normalized spacial score (nSPS) is 25.6. The zero-order chi connectivity index (χ0) is 18.1. The van der Waals surface area contributed by atoms with E-state index >= 15 is 0 Å². The van der Waals surface area contributed by atoms with Crippen molar-refractivity contribution >= 4 is 11.9 Å². The number of benzene rings is 1. The van der Waals surface area contributed by atoms with Gasteiger partial charge in [0, 0.05) is 32.5 Å². The van der Waals surface area contributed by atoms with Crippen LogP contribution in [0.5, 0.6) is 5.75 Å². The number of carbonyl (C=O) groups is 2. The highest BCUT2D eigenvalue weighted by atomic mass is 16.5. The predicted octanol–water partition coefficient (Wildman–Crippen LogP) is 2.39. The molecule has 1 aromatic rings. The van der Waals surface area contributed by atoms with E-state index in [1.807, 2.05) is 26.0 Å². The maximum atomic E-state index is 12.7. The number of aryl methyl sites for hydroxylation is 1. The second-order valence-corrected chi connectivity index (χ2v) is 7.19. The largest absolute Gasteiger partial charge is 0.478 e. The summed E-state index contributed by atoms with van der Waals surface area (Å²) in [7, 11) is 0. The van der Waals surface area contributed by atoms with Crippen molar-refractivity contribution in [1.29, 1.82) is 0 Å². The number of rotatable bonds is 4. The van der Waals surface area contributed by atoms with Gasteiger partial charge in [0.2, 0.25) is 5.60 Å². The van der Waals surface area contributed by atoms with E-state index < -0.39 is 17.2 Å². The maximum absolute atomic E-state index is 12.7. The highest BCUT2D eigenvalue weighted by molar-refractivity contribution is 5.86. The van der Waals surface area contributed by atoms with E-state index in [0.717, 1.165) is 12.0 Å². The Labute approximate surface area is 147 Å². The molecule has 1 aromatic carbocycles. The first kappa shape index (κ1) is 17.7. The third kappa shape index (κ3) is 3.49. The Morgan fingerprint density at radius 3 is 2.32 bits per heavy atom. The number of carboxylic acid groups (broad SMARTS) is 1. The van der Waals surface area contributed by atoms with Crippen LogP contribution in [0.2, 0.25) is 0 Å². The Morgan fingerprint density at radius 2 is 1.80 bits per heavy atom. The quantitative estimate of drug-likeness (QED) is 0.905. The number of carbonyl (C=O) groups excluding carboxylic acids is 1. The highest BCUT2D eigenvalue weighted by Crippen LogP contribution is 2.33. The molecule has 2 saturated heterocycles. The number of likely N-dealkylation sites (tertiary alicyclic amines) is 1. The van der Waals surface area contributed by atoms with Gasteiger partial charge in [0.25, 0.3) is 5.91 Å². The summed E-state index contributed by atoms with van der Waals surface area (Å²) in [6.07, 6.45) is 2.12. The number of aliphatic carboxylic acids is 1. The minimum absolute atomic E-state index is 0.0423. The van der Waals surface area contributed by atoms with Gasteiger partial charge >= 0.3 is 5.97 Å². The molecule has 0 aliphatic carbocycles. The Morgan fingerprint density at radius 1 is 1.16 bits per heavy atom. The summed E-state index contributed by atoms with van der Waals surface area (Å²) < 4.78 is 11.5. The molecule has 136 valence electrons. The summed E-state index contributed by atoms with van der Waals surface area (Å²) in [4.78, 5) is 26.3. The fourth-order valence-corrected chi connectivity index (χ4v) is 3.54. The van der Waals surface area contributed by atoms with E-state index in [2.05, 4.69) is 0 Å². The van der Waals surface area contributed by atoms with Gasteiger partial charge in [-0.15, -0.1) is 0 Å². The summed E-state index contributed by atoms with van der Waals surface area (Å²) in [5.74, 6) is -0.485. The summed E-state index contributed by atoms with van der Waals surface area (Å²) >= 11 is 0. The fourth-order valence-electron chi connectivity index (χ4n) is 3.54. The van der Waals surface area contributed by atoms with Crippen LogP contribution in [0.3, 0.4) is 0 Å². The lowest BCUT2D eigenvalue weighted by Gasteiger charge is -2.41. The van der Waals surface area contributed by atoms with Crippen molar-refractivity contribution in [1.82, 2.24) is 4.90 Å². The maximum Gasteiger partial charge on any atom is 0.348 e. The molecule has 1 amide bonds. The number of hydrogen-bond donors (Lipinski definition) is 1. The SMILES string of the molecule is Cc1ccc(OC2(C(=O)O)CCN(C(=O)C3(C)CCCO3)CC2)cc1. The molecule has 1 unspecified atom stereocenters. The van der Waals surface area contributed by atoms with Crippen LogP contribution in [0.25, 0.3) is 0 Å². The Hall–Kier alpha value is -2.08. The van der Waals surface area contributed by atoms with Gasteiger partial charge in [-0.25, -0.2) is 4.79 Å². The van der Waals surface area contributed by atoms with E-state index in [1.165, 1.54) is 0 Å². The first-order valence-corrected chi connectivity index (χ1v) is 8.77. The summed E-state index contributed by atoms with van der Waals surface area (Å²) in [5.41, 5.74) is -0.966. The van der Waals surface area contributed by atoms with Gasteiger partial charge in [0.1, 0.15) is 11.4 Å². The van der Waals surface area contributed by atoms with E-state index in [1.54, 1.807) is 17.0 Å². The monoisotopic (exact) mass is 347 g/mol. The average Bonchev–Trinajstić information content (AvgIpc) is 3.05. The van der Waals surface area contributed by atoms with Gasteiger partial charge in [-0.1, -0.05) is 17.7 Å². The van der Waals surface area contributed by atoms with Gasteiger partial charge in [-0.3, -0.25) is 4.79 Å². The van der Waals surface area contributed by atoms with Crippen LogP contribution >= 0.6 is 0 Å². The molecule has 3 rings (SSSR count). The predicted molar refractivity (Wildman–Crippen MR) is 91.6 cm³/mol. The molecule has 0 bridgehead atoms. The Bertz CT molecular complexity index is 640. The van der Waals surface area contributed by atoms with E-state index in [9.17, 15) is 14.7 Å². The van der Waals surface area contributed by atoms with Crippen molar-refractivity contribution in [3.63, 3.8) is 0 Å². The van der Waals surface area contributed by atoms with Crippen molar-refractivity contribution in [2.24, 2.45) is 0 Å². The molecule has 6 nitrogen and oxygen atoms in total. The van der Waals surface area contributed by atoms with Crippen LogP contribution in [-0.2, 0) is 14.3 Å². The van der Waals surface area contributed by atoms with Crippen LogP contribution in [0.15, 0.2) is 24.3 Å². The standard InChI is InChI=1S/C19H25NO5/c1-14-4-6-15(7-5-14)25-19(17(22)23)9-11-20(12-10-19)16(21)18(2)8-3-13-24-18/h4-7H,3,8-13H2,1-2H3,(H,22,23). The van der Waals surface area contributed by atoms with Crippen molar-refractivity contribution in [2.75, 3.05) is 19.7 Å². The summed E-state index contributed by atoms with van der Waals surface area (Å²) in [6.45, 7) is 5.11. The molecule has 1 atom stereocenters. The van der Waals surface area contributed by atoms with Gasteiger partial charge < -0.3 is 19.5 Å². The van der Waals surface area contributed by atoms with Crippen LogP contribution in [0.1, 0.15) is 38.2 Å².